The number of aromatic nitrogens is 4. The van der Waals surface area contributed by atoms with Gasteiger partial charge in [-0.05, 0) is 10.8 Å². The predicted octanol–water partition coefficient (Wildman–Crippen LogP) is 0.411. The lowest BCUT2D eigenvalue weighted by Crippen LogP contribution is -2.02. The summed E-state index contributed by atoms with van der Waals surface area (Å²) in [6, 6.07) is 7.10. The van der Waals surface area contributed by atoms with Crippen LogP contribution < -0.4 is 0 Å². The zero-order valence-corrected chi connectivity index (χ0v) is 9.40. The van der Waals surface area contributed by atoms with Crippen molar-refractivity contribution in [2.24, 2.45) is 0 Å². The van der Waals surface area contributed by atoms with E-state index in [2.05, 4.69) is 20.6 Å². The highest BCUT2D eigenvalue weighted by atomic mass is 32.2. The number of aromatic amines is 1. The van der Waals surface area contributed by atoms with Crippen LogP contribution in [0.1, 0.15) is 5.56 Å². The zero-order valence-electron chi connectivity index (χ0n) is 8.58. The lowest BCUT2D eigenvalue weighted by molar-refractivity contribution is 0.601. The summed E-state index contributed by atoms with van der Waals surface area (Å²) in [6.45, 7) is 0. The van der Waals surface area contributed by atoms with E-state index in [1.54, 1.807) is 24.3 Å². The van der Waals surface area contributed by atoms with Gasteiger partial charge in [-0.25, -0.2) is 8.42 Å². The standard InChI is InChI=1S/C9H10N4O2S/c1-16(14,15)6-7-4-2-3-5-8(7)9-10-12-13-11-9/h2-5H,6H2,1H3,(H,10,11,12,13). The highest BCUT2D eigenvalue weighted by Crippen LogP contribution is 2.20. The number of hydrogen-bond donors (Lipinski definition) is 1. The van der Waals surface area contributed by atoms with Gasteiger partial charge in [0.05, 0.1) is 5.75 Å². The minimum absolute atomic E-state index is 0.0300. The molecule has 0 saturated carbocycles. The van der Waals surface area contributed by atoms with Crippen molar-refractivity contribution in [1.29, 1.82) is 0 Å². The van der Waals surface area contributed by atoms with Gasteiger partial charge < -0.3 is 0 Å². The molecule has 0 aliphatic heterocycles. The van der Waals surface area contributed by atoms with Crippen molar-refractivity contribution in [1.82, 2.24) is 20.6 Å². The molecule has 84 valence electrons. The van der Waals surface area contributed by atoms with E-state index in [1.165, 1.54) is 6.26 Å². The Morgan fingerprint density at radius 1 is 1.31 bits per heavy atom. The second-order valence-corrected chi connectivity index (χ2v) is 5.60. The number of hydrogen-bond acceptors (Lipinski definition) is 5. The lowest BCUT2D eigenvalue weighted by atomic mass is 10.1. The summed E-state index contributed by atoms with van der Waals surface area (Å²) in [4.78, 5) is 0. The maximum atomic E-state index is 11.3. The van der Waals surface area contributed by atoms with Crippen molar-refractivity contribution in [2.75, 3.05) is 6.26 Å². The second-order valence-electron chi connectivity index (χ2n) is 3.46. The van der Waals surface area contributed by atoms with Gasteiger partial charge in [-0.15, -0.1) is 10.2 Å². The number of rotatable bonds is 3. The van der Waals surface area contributed by atoms with Crippen LogP contribution in [0.15, 0.2) is 24.3 Å². The maximum absolute atomic E-state index is 11.3. The van der Waals surface area contributed by atoms with Crippen LogP contribution in [0.4, 0.5) is 0 Å². The molecule has 0 amide bonds. The summed E-state index contributed by atoms with van der Waals surface area (Å²) >= 11 is 0. The van der Waals surface area contributed by atoms with E-state index < -0.39 is 9.84 Å². The first-order valence-electron chi connectivity index (χ1n) is 4.56. The van der Waals surface area contributed by atoms with Crippen molar-refractivity contribution < 1.29 is 8.42 Å². The Kier molecular flexibility index (Phi) is 2.69. The average Bonchev–Trinajstić information content (AvgIpc) is 2.69. The van der Waals surface area contributed by atoms with Crippen molar-refractivity contribution in [3.63, 3.8) is 0 Å². The summed E-state index contributed by atoms with van der Waals surface area (Å²) in [5.41, 5.74) is 1.35. The molecule has 0 fully saturated rings. The number of tetrazole rings is 1. The van der Waals surface area contributed by atoms with Gasteiger partial charge in [0.15, 0.2) is 9.84 Å². The van der Waals surface area contributed by atoms with Gasteiger partial charge in [-0.2, -0.15) is 5.21 Å². The Labute approximate surface area is 92.6 Å². The van der Waals surface area contributed by atoms with Crippen LogP contribution in [0.25, 0.3) is 11.4 Å². The fourth-order valence-corrected chi connectivity index (χ4v) is 2.24. The normalized spacial score (nSPS) is 11.6. The first kappa shape index (κ1) is 10.7. The lowest BCUT2D eigenvalue weighted by Gasteiger charge is -2.04. The van der Waals surface area contributed by atoms with E-state index in [9.17, 15) is 8.42 Å². The van der Waals surface area contributed by atoms with E-state index in [1.807, 2.05) is 0 Å². The fraction of sp³-hybridized carbons (Fsp3) is 0.222. The molecule has 0 bridgehead atoms. The summed E-state index contributed by atoms with van der Waals surface area (Å²) in [5, 5.41) is 13.5. The first-order chi connectivity index (χ1) is 7.56. The molecule has 0 saturated heterocycles. The summed E-state index contributed by atoms with van der Waals surface area (Å²) in [7, 11) is -3.08. The molecular weight excluding hydrogens is 228 g/mol. The molecule has 0 radical (unpaired) electrons. The molecule has 1 aromatic carbocycles. The van der Waals surface area contributed by atoms with Crippen molar-refractivity contribution >= 4 is 9.84 Å². The molecule has 1 N–H and O–H groups in total. The molecule has 0 unspecified atom stereocenters. The molecule has 0 aliphatic rings. The second kappa shape index (κ2) is 4.01. The Morgan fingerprint density at radius 3 is 2.69 bits per heavy atom. The molecule has 0 spiro atoms. The molecule has 0 aliphatic carbocycles. The monoisotopic (exact) mass is 238 g/mol. The van der Waals surface area contributed by atoms with Gasteiger partial charge in [-0.1, -0.05) is 24.3 Å². The van der Waals surface area contributed by atoms with E-state index in [0.29, 0.717) is 17.0 Å². The molecular formula is C9H10N4O2S. The number of nitrogens with one attached hydrogen (secondary N) is 1. The smallest absolute Gasteiger partial charge is 0.204 e. The molecule has 7 heteroatoms. The van der Waals surface area contributed by atoms with Crippen molar-refractivity contribution in [3.8, 4) is 11.4 Å². The Hall–Kier alpha value is -1.76. The van der Waals surface area contributed by atoms with Crippen LogP contribution in [0.2, 0.25) is 0 Å². The Bertz CT molecular complexity index is 577. The van der Waals surface area contributed by atoms with Crippen LogP contribution in [-0.2, 0) is 15.6 Å². The minimum Gasteiger partial charge on any atom is -0.229 e. The number of sulfone groups is 1. The third kappa shape index (κ3) is 2.43. The minimum atomic E-state index is -3.08. The predicted molar refractivity (Wildman–Crippen MR) is 58.2 cm³/mol. The van der Waals surface area contributed by atoms with Gasteiger partial charge in [0.2, 0.25) is 5.82 Å². The molecule has 0 atom stereocenters. The van der Waals surface area contributed by atoms with Gasteiger partial charge in [0.25, 0.3) is 0 Å². The third-order valence-electron chi connectivity index (χ3n) is 2.02. The number of nitrogens with zero attached hydrogens (tertiary/aromatic N) is 3. The molecule has 2 rings (SSSR count). The Balaban J connectivity index is 2.47. The van der Waals surface area contributed by atoms with Crippen LogP contribution in [-0.4, -0.2) is 35.3 Å². The highest BCUT2D eigenvalue weighted by molar-refractivity contribution is 7.89. The van der Waals surface area contributed by atoms with Crippen LogP contribution in [0.3, 0.4) is 0 Å². The zero-order chi connectivity index (χ0) is 11.6. The first-order valence-corrected chi connectivity index (χ1v) is 6.62. The molecule has 16 heavy (non-hydrogen) atoms. The van der Waals surface area contributed by atoms with Crippen LogP contribution >= 0.6 is 0 Å². The SMILES string of the molecule is CS(=O)(=O)Cc1ccccc1-c1nn[nH]n1. The maximum Gasteiger partial charge on any atom is 0.204 e. The Morgan fingerprint density at radius 2 is 2.06 bits per heavy atom. The van der Waals surface area contributed by atoms with Crippen LogP contribution in [0.5, 0.6) is 0 Å². The topological polar surface area (TPSA) is 88.6 Å². The summed E-state index contributed by atoms with van der Waals surface area (Å²) in [6.07, 6.45) is 1.19. The molecule has 6 nitrogen and oxygen atoms in total. The average molecular weight is 238 g/mol. The van der Waals surface area contributed by atoms with E-state index in [0.717, 1.165) is 0 Å². The molecule has 1 heterocycles. The highest BCUT2D eigenvalue weighted by Gasteiger charge is 2.12. The summed E-state index contributed by atoms with van der Waals surface area (Å²) < 4.78 is 22.5. The van der Waals surface area contributed by atoms with E-state index in [4.69, 9.17) is 0 Å². The van der Waals surface area contributed by atoms with E-state index >= 15 is 0 Å². The summed E-state index contributed by atoms with van der Waals surface area (Å²) in [5.74, 6) is 0.372. The van der Waals surface area contributed by atoms with Gasteiger partial charge >= 0.3 is 0 Å². The number of benzene rings is 1. The van der Waals surface area contributed by atoms with Crippen molar-refractivity contribution in [2.45, 2.75) is 5.75 Å². The molecule has 1 aromatic heterocycles. The fourth-order valence-electron chi connectivity index (χ4n) is 1.42. The van der Waals surface area contributed by atoms with E-state index in [-0.39, 0.29) is 5.75 Å². The van der Waals surface area contributed by atoms with Gasteiger partial charge in [0.1, 0.15) is 0 Å². The number of H-pyrrole nitrogens is 1. The quantitative estimate of drug-likeness (QED) is 0.836. The van der Waals surface area contributed by atoms with Gasteiger partial charge in [0, 0.05) is 11.8 Å². The van der Waals surface area contributed by atoms with Gasteiger partial charge in [-0.3, -0.25) is 0 Å². The van der Waals surface area contributed by atoms with Crippen molar-refractivity contribution in [3.05, 3.63) is 29.8 Å². The molecule has 2 aromatic rings. The largest absolute Gasteiger partial charge is 0.229 e. The van der Waals surface area contributed by atoms with Crippen LogP contribution in [0, 0.1) is 0 Å². The third-order valence-corrected chi connectivity index (χ3v) is 2.86.